The highest BCUT2D eigenvalue weighted by Gasteiger charge is 2.25. The van der Waals surface area contributed by atoms with E-state index in [9.17, 15) is 0 Å². The van der Waals surface area contributed by atoms with Crippen LogP contribution in [0.4, 0.5) is 0 Å². The van der Waals surface area contributed by atoms with Crippen molar-refractivity contribution in [1.29, 1.82) is 0 Å². The van der Waals surface area contributed by atoms with Crippen LogP contribution in [0.1, 0.15) is 87.8 Å². The first kappa shape index (κ1) is 15.0. The van der Waals surface area contributed by atoms with Crippen molar-refractivity contribution < 1.29 is 0 Å². The number of rotatable bonds is 4. The summed E-state index contributed by atoms with van der Waals surface area (Å²) < 4.78 is 0. The van der Waals surface area contributed by atoms with Gasteiger partial charge in [-0.1, -0.05) is 26.7 Å². The maximum absolute atomic E-state index is 4.97. The van der Waals surface area contributed by atoms with Gasteiger partial charge in [0.1, 0.15) is 5.82 Å². The van der Waals surface area contributed by atoms with Crippen LogP contribution in [0, 0.1) is 5.92 Å². The molecule has 0 bridgehead atoms. The SMILES string of the molecule is CCCNC1CCCc2nc(C3CCC(C)CC3)ncc21. The second-order valence-electron chi connectivity index (χ2n) is 6.99. The predicted molar refractivity (Wildman–Crippen MR) is 86.4 cm³/mol. The maximum Gasteiger partial charge on any atom is 0.131 e. The van der Waals surface area contributed by atoms with Crippen molar-refractivity contribution >= 4 is 0 Å². The average Bonchev–Trinajstić information content (AvgIpc) is 2.53. The summed E-state index contributed by atoms with van der Waals surface area (Å²) in [4.78, 5) is 9.72. The van der Waals surface area contributed by atoms with Crippen LogP contribution >= 0.6 is 0 Å². The Morgan fingerprint density at radius 3 is 2.76 bits per heavy atom. The number of fused-ring (bicyclic) bond motifs is 1. The first-order valence-electron chi connectivity index (χ1n) is 8.87. The molecule has 2 aliphatic rings. The van der Waals surface area contributed by atoms with Gasteiger partial charge in [0.25, 0.3) is 0 Å². The Morgan fingerprint density at radius 1 is 1.19 bits per heavy atom. The summed E-state index contributed by atoms with van der Waals surface area (Å²) in [5.41, 5.74) is 2.68. The van der Waals surface area contributed by atoms with E-state index < -0.39 is 0 Å². The molecule has 0 aromatic carbocycles. The van der Waals surface area contributed by atoms with Gasteiger partial charge in [-0.2, -0.15) is 0 Å². The molecule has 0 spiro atoms. The molecule has 1 N–H and O–H groups in total. The van der Waals surface area contributed by atoms with Gasteiger partial charge in [0.2, 0.25) is 0 Å². The van der Waals surface area contributed by atoms with Crippen molar-refractivity contribution in [3.8, 4) is 0 Å². The van der Waals surface area contributed by atoms with Crippen LogP contribution in [0.2, 0.25) is 0 Å². The molecule has 1 atom stereocenters. The number of hydrogen-bond donors (Lipinski definition) is 1. The average molecular weight is 287 g/mol. The standard InChI is InChI=1S/C18H29N3/c1-3-11-19-16-5-4-6-17-15(16)12-20-18(21-17)14-9-7-13(2)8-10-14/h12-14,16,19H,3-11H2,1-2H3. The molecule has 1 fully saturated rings. The third-order valence-electron chi connectivity index (χ3n) is 5.22. The molecule has 0 saturated heterocycles. The number of nitrogens with one attached hydrogen (secondary N) is 1. The predicted octanol–water partition coefficient (Wildman–Crippen LogP) is 4.15. The molecule has 3 nitrogen and oxygen atoms in total. The maximum atomic E-state index is 4.97. The number of aromatic nitrogens is 2. The minimum Gasteiger partial charge on any atom is -0.310 e. The minimum atomic E-state index is 0.481. The van der Waals surface area contributed by atoms with E-state index in [-0.39, 0.29) is 0 Å². The molecule has 1 unspecified atom stereocenters. The Labute approximate surface area is 129 Å². The van der Waals surface area contributed by atoms with E-state index in [4.69, 9.17) is 9.97 Å². The molecular formula is C18H29N3. The van der Waals surface area contributed by atoms with Crippen molar-refractivity contribution in [3.63, 3.8) is 0 Å². The van der Waals surface area contributed by atoms with Crippen LogP contribution in [-0.2, 0) is 6.42 Å². The molecule has 0 aliphatic heterocycles. The van der Waals surface area contributed by atoms with Gasteiger partial charge >= 0.3 is 0 Å². The second-order valence-corrected chi connectivity index (χ2v) is 6.99. The second kappa shape index (κ2) is 6.87. The molecule has 0 amide bonds. The highest BCUT2D eigenvalue weighted by Crippen LogP contribution is 2.35. The highest BCUT2D eigenvalue weighted by atomic mass is 14.9. The van der Waals surface area contributed by atoms with Gasteiger partial charge in [-0.25, -0.2) is 9.97 Å². The molecule has 1 saturated carbocycles. The summed E-state index contributed by atoms with van der Waals surface area (Å²) in [7, 11) is 0. The van der Waals surface area contributed by atoms with Crippen LogP contribution in [0.25, 0.3) is 0 Å². The molecule has 3 heteroatoms. The lowest BCUT2D eigenvalue weighted by atomic mass is 9.82. The zero-order valence-electron chi connectivity index (χ0n) is 13.6. The zero-order chi connectivity index (χ0) is 14.7. The lowest BCUT2D eigenvalue weighted by molar-refractivity contribution is 0.338. The van der Waals surface area contributed by atoms with Gasteiger partial charge in [-0.05, 0) is 51.0 Å². The molecule has 1 aromatic heterocycles. The highest BCUT2D eigenvalue weighted by molar-refractivity contribution is 5.25. The van der Waals surface area contributed by atoms with E-state index in [1.807, 2.05) is 0 Å². The van der Waals surface area contributed by atoms with Crippen molar-refractivity contribution in [3.05, 3.63) is 23.3 Å². The Morgan fingerprint density at radius 2 is 2.00 bits per heavy atom. The van der Waals surface area contributed by atoms with Crippen molar-refractivity contribution in [2.75, 3.05) is 6.54 Å². The Balaban J connectivity index is 1.74. The van der Waals surface area contributed by atoms with Gasteiger partial charge in [-0.3, -0.25) is 0 Å². The van der Waals surface area contributed by atoms with Gasteiger partial charge in [0.15, 0.2) is 0 Å². The quantitative estimate of drug-likeness (QED) is 0.904. The monoisotopic (exact) mass is 287 g/mol. The summed E-state index contributed by atoms with van der Waals surface area (Å²) in [6.07, 6.45) is 12.2. The molecule has 3 rings (SSSR count). The lowest BCUT2D eigenvalue weighted by Gasteiger charge is -2.28. The van der Waals surface area contributed by atoms with Crippen molar-refractivity contribution in [1.82, 2.24) is 15.3 Å². The summed E-state index contributed by atoms with van der Waals surface area (Å²) in [5, 5.41) is 3.65. The summed E-state index contributed by atoms with van der Waals surface area (Å²) in [5.74, 6) is 2.62. The number of nitrogens with zero attached hydrogens (tertiary/aromatic N) is 2. The van der Waals surface area contributed by atoms with Crippen LogP contribution in [0.5, 0.6) is 0 Å². The first-order chi connectivity index (χ1) is 10.3. The fourth-order valence-corrected chi connectivity index (χ4v) is 3.81. The van der Waals surface area contributed by atoms with E-state index in [1.54, 1.807) is 0 Å². The molecule has 2 aliphatic carbocycles. The molecule has 21 heavy (non-hydrogen) atoms. The zero-order valence-corrected chi connectivity index (χ0v) is 13.6. The van der Waals surface area contributed by atoms with Crippen LogP contribution in [0.15, 0.2) is 6.20 Å². The normalized spacial score (nSPS) is 29.1. The van der Waals surface area contributed by atoms with E-state index in [1.165, 1.54) is 56.2 Å². The van der Waals surface area contributed by atoms with E-state index in [2.05, 4.69) is 25.4 Å². The third-order valence-corrected chi connectivity index (χ3v) is 5.22. The topological polar surface area (TPSA) is 37.8 Å². The minimum absolute atomic E-state index is 0.481. The van der Waals surface area contributed by atoms with Gasteiger partial charge in [0, 0.05) is 29.4 Å². The Hall–Kier alpha value is -0.960. The molecule has 1 heterocycles. The summed E-state index contributed by atoms with van der Waals surface area (Å²) in [6, 6.07) is 0.481. The number of aryl methyl sites for hydroxylation is 1. The Kier molecular flexibility index (Phi) is 4.89. The van der Waals surface area contributed by atoms with Crippen molar-refractivity contribution in [2.45, 2.75) is 77.2 Å². The Bertz CT molecular complexity index is 464. The summed E-state index contributed by atoms with van der Waals surface area (Å²) >= 11 is 0. The van der Waals surface area contributed by atoms with Gasteiger partial charge in [0.05, 0.1) is 0 Å². The number of hydrogen-bond acceptors (Lipinski definition) is 3. The molecule has 116 valence electrons. The van der Waals surface area contributed by atoms with Gasteiger partial charge in [-0.15, -0.1) is 0 Å². The first-order valence-corrected chi connectivity index (χ1v) is 8.87. The smallest absolute Gasteiger partial charge is 0.131 e. The van der Waals surface area contributed by atoms with Crippen LogP contribution in [-0.4, -0.2) is 16.5 Å². The van der Waals surface area contributed by atoms with Crippen LogP contribution < -0.4 is 5.32 Å². The summed E-state index contributed by atoms with van der Waals surface area (Å²) in [6.45, 7) is 5.68. The van der Waals surface area contributed by atoms with Crippen molar-refractivity contribution in [2.24, 2.45) is 5.92 Å². The van der Waals surface area contributed by atoms with E-state index >= 15 is 0 Å². The molecule has 0 radical (unpaired) electrons. The van der Waals surface area contributed by atoms with E-state index in [0.29, 0.717) is 12.0 Å². The fraction of sp³-hybridized carbons (Fsp3) is 0.778. The largest absolute Gasteiger partial charge is 0.310 e. The fourth-order valence-electron chi connectivity index (χ4n) is 3.81. The lowest BCUT2D eigenvalue weighted by Crippen LogP contribution is -2.27. The van der Waals surface area contributed by atoms with E-state index in [0.717, 1.165) is 24.7 Å². The third kappa shape index (κ3) is 3.45. The molecule has 1 aromatic rings. The van der Waals surface area contributed by atoms with Crippen LogP contribution in [0.3, 0.4) is 0 Å². The molecular weight excluding hydrogens is 258 g/mol. The van der Waals surface area contributed by atoms with Gasteiger partial charge < -0.3 is 5.32 Å².